The van der Waals surface area contributed by atoms with Crippen molar-refractivity contribution in [3.63, 3.8) is 0 Å². The Bertz CT molecular complexity index is 1330. The van der Waals surface area contributed by atoms with E-state index in [0.29, 0.717) is 50.5 Å². The zero-order valence-corrected chi connectivity index (χ0v) is 45.2. The van der Waals surface area contributed by atoms with E-state index in [4.69, 9.17) is 17.2 Å². The average molecular weight is 991 g/mol. The van der Waals surface area contributed by atoms with Crippen LogP contribution in [0.25, 0.3) is 0 Å². The highest BCUT2D eigenvalue weighted by Crippen LogP contribution is 2.43. The number of nitrogens with two attached hydrogens (primary N) is 3. The SMILES string of the molecule is CCCCCCCCCCCCC(N)=O.CCCCCCCCCCCCC(N)=O.CCCCCCCCCCCCC(N)=O.O=C(O)C1=C(C2=CCCCCCC2)CCCCCC1(C(=O)O)C(=O)O. The van der Waals surface area contributed by atoms with Gasteiger partial charge in [0.2, 0.25) is 17.7 Å². The van der Waals surface area contributed by atoms with Gasteiger partial charge >= 0.3 is 17.9 Å². The Morgan fingerprint density at radius 1 is 0.414 bits per heavy atom. The van der Waals surface area contributed by atoms with Gasteiger partial charge < -0.3 is 32.5 Å². The van der Waals surface area contributed by atoms with Gasteiger partial charge in [0.05, 0.1) is 5.57 Å². The molecule has 9 N–H and O–H groups in total. The van der Waals surface area contributed by atoms with Gasteiger partial charge in [-0.25, -0.2) is 4.79 Å². The fourth-order valence-electron chi connectivity index (χ4n) is 9.35. The van der Waals surface area contributed by atoms with Crippen LogP contribution >= 0.6 is 0 Å². The summed E-state index contributed by atoms with van der Waals surface area (Å²) in [5, 5.41) is 29.2. The van der Waals surface area contributed by atoms with Crippen LogP contribution in [0.2, 0.25) is 0 Å². The van der Waals surface area contributed by atoms with Crippen LogP contribution in [-0.2, 0) is 28.8 Å². The van der Waals surface area contributed by atoms with Crippen molar-refractivity contribution in [3.05, 3.63) is 22.8 Å². The van der Waals surface area contributed by atoms with Gasteiger partial charge in [-0.05, 0) is 75.4 Å². The van der Waals surface area contributed by atoms with E-state index in [-0.39, 0.29) is 24.1 Å². The molecule has 0 heterocycles. The molecule has 2 aliphatic rings. The van der Waals surface area contributed by atoms with E-state index in [1.807, 2.05) is 6.08 Å². The van der Waals surface area contributed by atoms with E-state index in [1.165, 1.54) is 154 Å². The zero-order chi connectivity index (χ0) is 52.5. The zero-order valence-electron chi connectivity index (χ0n) is 45.2. The van der Waals surface area contributed by atoms with Crippen LogP contribution in [0.1, 0.15) is 303 Å². The monoisotopic (exact) mass is 990 g/mol. The number of carbonyl (C=O) groups excluding carboxylic acids is 3. The summed E-state index contributed by atoms with van der Waals surface area (Å²) in [6.45, 7) is 6.75. The van der Waals surface area contributed by atoms with Crippen molar-refractivity contribution in [2.45, 2.75) is 303 Å². The molecule has 408 valence electrons. The molecule has 3 amide bonds. The first-order valence-corrected chi connectivity index (χ1v) is 28.7. The summed E-state index contributed by atoms with van der Waals surface area (Å²) in [5.74, 6) is -5.06. The van der Waals surface area contributed by atoms with Gasteiger partial charge in [-0.1, -0.05) is 226 Å². The molecule has 0 saturated carbocycles. The van der Waals surface area contributed by atoms with Crippen molar-refractivity contribution in [3.8, 4) is 0 Å². The molecule has 0 radical (unpaired) electrons. The van der Waals surface area contributed by atoms with Crippen LogP contribution in [0.15, 0.2) is 22.8 Å². The fraction of sp³-hybridized carbons (Fsp3) is 0.828. The molecule has 2 aliphatic carbocycles. The Hall–Kier alpha value is -3.70. The normalized spacial score (nSPS) is 14.6. The molecule has 2 rings (SSSR count). The van der Waals surface area contributed by atoms with E-state index < -0.39 is 28.9 Å². The van der Waals surface area contributed by atoms with Crippen molar-refractivity contribution < 1.29 is 44.1 Å². The van der Waals surface area contributed by atoms with Crippen LogP contribution in [0.5, 0.6) is 0 Å². The molecule has 0 aromatic heterocycles. The third-order valence-electron chi connectivity index (χ3n) is 13.7. The lowest BCUT2D eigenvalue weighted by molar-refractivity contribution is -0.164. The number of hydrogen-bond acceptors (Lipinski definition) is 6. The molecule has 12 heteroatoms. The summed E-state index contributed by atoms with van der Waals surface area (Å²) in [7, 11) is 0. The molecule has 0 fully saturated rings. The summed E-state index contributed by atoms with van der Waals surface area (Å²) in [6, 6.07) is 0. The number of amides is 3. The second kappa shape index (κ2) is 48.9. The minimum Gasteiger partial charge on any atom is -0.480 e. The van der Waals surface area contributed by atoms with Crippen molar-refractivity contribution in [1.82, 2.24) is 0 Å². The van der Waals surface area contributed by atoms with E-state index in [9.17, 15) is 44.1 Å². The topological polar surface area (TPSA) is 241 Å². The highest BCUT2D eigenvalue weighted by atomic mass is 16.4. The van der Waals surface area contributed by atoms with E-state index in [2.05, 4.69) is 20.8 Å². The van der Waals surface area contributed by atoms with Gasteiger partial charge in [0.1, 0.15) is 0 Å². The Morgan fingerprint density at radius 3 is 1.03 bits per heavy atom. The summed E-state index contributed by atoms with van der Waals surface area (Å²) < 4.78 is 0. The molecule has 0 atom stereocenters. The van der Waals surface area contributed by atoms with Gasteiger partial charge in [-0.2, -0.15) is 0 Å². The largest absolute Gasteiger partial charge is 0.480 e. The molecule has 0 aromatic carbocycles. The van der Waals surface area contributed by atoms with E-state index >= 15 is 0 Å². The van der Waals surface area contributed by atoms with Crippen LogP contribution < -0.4 is 17.2 Å². The first-order chi connectivity index (χ1) is 33.7. The molecule has 0 saturated heterocycles. The summed E-state index contributed by atoms with van der Waals surface area (Å²) in [5.41, 5.74) is 13.7. The predicted molar refractivity (Wildman–Crippen MR) is 288 cm³/mol. The summed E-state index contributed by atoms with van der Waals surface area (Å²) in [4.78, 5) is 67.3. The predicted octanol–water partition coefficient (Wildman–Crippen LogP) is 15.1. The quantitative estimate of drug-likeness (QED) is 0.0256. The summed E-state index contributed by atoms with van der Waals surface area (Å²) in [6.07, 6.45) is 50.4. The van der Waals surface area contributed by atoms with E-state index in [0.717, 1.165) is 82.6 Å². The molecular formula is C58H107N3O9. The number of hydrogen-bond donors (Lipinski definition) is 6. The van der Waals surface area contributed by atoms with Gasteiger partial charge in [0.15, 0.2) is 5.41 Å². The number of carboxylic acids is 3. The Kier molecular flexibility index (Phi) is 47.8. The highest BCUT2D eigenvalue weighted by Gasteiger charge is 2.54. The number of unbranched alkanes of at least 4 members (excludes halogenated alkanes) is 27. The highest BCUT2D eigenvalue weighted by molar-refractivity contribution is 6.11. The van der Waals surface area contributed by atoms with E-state index in [1.54, 1.807) is 0 Å². The molecule has 0 bridgehead atoms. The lowest BCUT2D eigenvalue weighted by Crippen LogP contribution is -2.44. The van der Waals surface area contributed by atoms with Crippen LogP contribution in [0.3, 0.4) is 0 Å². The van der Waals surface area contributed by atoms with Crippen LogP contribution in [-0.4, -0.2) is 50.9 Å². The van der Waals surface area contributed by atoms with Gasteiger partial charge in [-0.3, -0.25) is 24.0 Å². The van der Waals surface area contributed by atoms with Crippen molar-refractivity contribution in [2.24, 2.45) is 22.6 Å². The third-order valence-corrected chi connectivity index (χ3v) is 13.7. The smallest absolute Gasteiger partial charge is 0.333 e. The third kappa shape index (κ3) is 39.0. The Balaban J connectivity index is 0. The number of primary amides is 3. The number of allylic oxidation sites excluding steroid dienone is 3. The Labute approximate surface area is 427 Å². The lowest BCUT2D eigenvalue weighted by Gasteiger charge is -2.31. The molecule has 0 aliphatic heterocycles. The Morgan fingerprint density at radius 2 is 0.714 bits per heavy atom. The molecular weight excluding hydrogens is 883 g/mol. The lowest BCUT2D eigenvalue weighted by atomic mass is 9.70. The maximum Gasteiger partial charge on any atom is 0.333 e. The van der Waals surface area contributed by atoms with Crippen molar-refractivity contribution >= 4 is 35.6 Å². The van der Waals surface area contributed by atoms with Gasteiger partial charge in [0.25, 0.3) is 0 Å². The minimum absolute atomic E-state index is 0.158. The molecule has 0 spiro atoms. The van der Waals surface area contributed by atoms with Crippen LogP contribution in [0.4, 0.5) is 0 Å². The maximum absolute atomic E-state index is 12.0. The first kappa shape index (κ1) is 68.4. The number of rotatable bonds is 37. The van der Waals surface area contributed by atoms with Crippen molar-refractivity contribution in [2.75, 3.05) is 0 Å². The standard InChI is InChI=1S/C19H26O6.3C13H27NO/c20-16(21)15-14(13-9-5-2-1-3-6-10-13)11-7-4-8-12-19(15,17(22)23)18(24)25;3*1-2-3-4-5-6-7-8-9-10-11-12-13(14)15/h9H,1-8,10-12H2,(H,20,21)(H,22,23)(H,24,25);3*2-12H2,1H3,(H2,14,15). The first-order valence-electron chi connectivity index (χ1n) is 28.7. The molecule has 0 unspecified atom stereocenters. The number of carboxylic acid groups (broad SMARTS) is 3. The number of aliphatic carboxylic acids is 3. The van der Waals surface area contributed by atoms with Crippen LogP contribution in [0, 0.1) is 5.41 Å². The fourth-order valence-corrected chi connectivity index (χ4v) is 9.35. The van der Waals surface area contributed by atoms with Gasteiger partial charge in [0, 0.05) is 19.3 Å². The maximum atomic E-state index is 12.0. The average Bonchev–Trinajstić information content (AvgIpc) is 3.28. The molecule has 70 heavy (non-hydrogen) atoms. The van der Waals surface area contributed by atoms with Gasteiger partial charge in [-0.15, -0.1) is 0 Å². The summed E-state index contributed by atoms with van der Waals surface area (Å²) >= 11 is 0. The second-order valence-electron chi connectivity index (χ2n) is 20.1. The molecule has 12 nitrogen and oxygen atoms in total. The molecule has 0 aromatic rings. The van der Waals surface area contributed by atoms with Crippen molar-refractivity contribution in [1.29, 1.82) is 0 Å². The minimum atomic E-state index is -2.37. The second-order valence-corrected chi connectivity index (χ2v) is 20.1. The number of carbonyl (C=O) groups is 6.